The third-order valence-electron chi connectivity index (χ3n) is 1.03. The molecule has 0 aromatic rings. The maximum Gasteiger partial charge on any atom is 0.00920 e. The van der Waals surface area contributed by atoms with Gasteiger partial charge in [0, 0.05) is 11.3 Å². The standard InChI is InChI=1S/C6H6S2/c1-2-6-3-4-8(7)5-6/h1,5H,3-4H2. The van der Waals surface area contributed by atoms with Crippen LogP contribution in [0.3, 0.4) is 0 Å². The highest BCUT2D eigenvalue weighted by molar-refractivity contribution is 8.30. The van der Waals surface area contributed by atoms with Crippen LogP contribution in [0.4, 0.5) is 0 Å². The zero-order valence-corrected chi connectivity index (χ0v) is 6.02. The van der Waals surface area contributed by atoms with E-state index in [0.717, 1.165) is 17.7 Å². The zero-order chi connectivity index (χ0) is 5.98. The van der Waals surface area contributed by atoms with Crippen molar-refractivity contribution < 1.29 is 0 Å². The summed E-state index contributed by atoms with van der Waals surface area (Å²) in [5.41, 5.74) is 1.10. The molecule has 1 unspecified atom stereocenters. The highest BCUT2D eigenvalue weighted by Crippen LogP contribution is 2.11. The predicted octanol–water partition coefficient (Wildman–Crippen LogP) is 0.987. The maximum atomic E-state index is 5.14. The molecule has 1 rings (SSSR count). The molecule has 0 amide bonds. The Hall–Kier alpha value is -0.130. The van der Waals surface area contributed by atoms with Gasteiger partial charge in [-0.2, -0.15) is 0 Å². The molecule has 1 aliphatic heterocycles. The SMILES string of the molecule is C#CC1=CS(=S)CC1. The molecular formula is C6H6S2. The second-order valence-electron chi connectivity index (χ2n) is 1.62. The van der Waals surface area contributed by atoms with Crippen molar-refractivity contribution in [3.8, 4) is 12.3 Å². The normalized spacial score (nSPS) is 26.9. The van der Waals surface area contributed by atoms with Gasteiger partial charge in [-0.25, -0.2) is 0 Å². The molecule has 42 valence electrons. The molecule has 2 heteroatoms. The fourth-order valence-electron chi connectivity index (χ4n) is 0.593. The van der Waals surface area contributed by atoms with Crippen molar-refractivity contribution in [2.45, 2.75) is 6.42 Å². The first kappa shape index (κ1) is 6.00. The number of hydrogen-bond acceptors (Lipinski definition) is 1. The van der Waals surface area contributed by atoms with E-state index in [2.05, 4.69) is 5.92 Å². The van der Waals surface area contributed by atoms with Gasteiger partial charge >= 0.3 is 0 Å². The Morgan fingerprint density at radius 3 is 2.88 bits per heavy atom. The molecule has 0 fully saturated rings. The highest BCUT2D eigenvalue weighted by atomic mass is 32.8. The summed E-state index contributed by atoms with van der Waals surface area (Å²) in [6.45, 7) is 0. The third kappa shape index (κ3) is 1.18. The van der Waals surface area contributed by atoms with Crippen LogP contribution in [0.2, 0.25) is 0 Å². The average molecular weight is 142 g/mol. The molecule has 0 bridgehead atoms. The predicted molar refractivity (Wildman–Crippen MR) is 41.1 cm³/mol. The topological polar surface area (TPSA) is 0 Å². The van der Waals surface area contributed by atoms with Gasteiger partial charge in [0.1, 0.15) is 0 Å². The summed E-state index contributed by atoms with van der Waals surface area (Å²) in [5.74, 6) is 3.69. The molecule has 1 aliphatic rings. The lowest BCUT2D eigenvalue weighted by atomic mass is 10.3. The summed E-state index contributed by atoms with van der Waals surface area (Å²) in [7, 11) is 0.0760. The lowest BCUT2D eigenvalue weighted by molar-refractivity contribution is 1.22. The lowest BCUT2D eigenvalue weighted by Crippen LogP contribution is -1.79. The van der Waals surface area contributed by atoms with Crippen LogP contribution in [0.15, 0.2) is 11.0 Å². The zero-order valence-electron chi connectivity index (χ0n) is 4.39. The number of terminal acetylenes is 1. The van der Waals surface area contributed by atoms with Crippen LogP contribution in [0, 0.1) is 12.3 Å². The molecule has 0 nitrogen and oxygen atoms in total. The van der Waals surface area contributed by atoms with E-state index in [4.69, 9.17) is 17.6 Å². The Bertz CT molecular complexity index is 183. The Morgan fingerprint density at radius 2 is 2.62 bits per heavy atom. The Kier molecular flexibility index (Phi) is 1.82. The van der Waals surface area contributed by atoms with Gasteiger partial charge in [-0.15, -0.1) is 6.42 Å². The largest absolute Gasteiger partial charge is 0.115 e. The van der Waals surface area contributed by atoms with Crippen molar-refractivity contribution in [3.05, 3.63) is 11.0 Å². The lowest BCUT2D eigenvalue weighted by Gasteiger charge is -1.80. The van der Waals surface area contributed by atoms with Crippen molar-refractivity contribution in [2.75, 3.05) is 5.75 Å². The van der Waals surface area contributed by atoms with Gasteiger partial charge in [-0.1, -0.05) is 15.4 Å². The first-order valence-electron chi connectivity index (χ1n) is 2.37. The molecule has 1 heterocycles. The third-order valence-corrected chi connectivity index (χ3v) is 2.97. The first-order valence-corrected chi connectivity index (χ1v) is 4.75. The van der Waals surface area contributed by atoms with Crippen molar-refractivity contribution >= 4 is 20.6 Å². The van der Waals surface area contributed by atoms with Gasteiger partial charge in [-0.3, -0.25) is 0 Å². The molecule has 0 aromatic heterocycles. The quantitative estimate of drug-likeness (QED) is 0.454. The number of hydrogen-bond donors (Lipinski definition) is 0. The van der Waals surface area contributed by atoms with Gasteiger partial charge in [0.15, 0.2) is 0 Å². The smallest absolute Gasteiger partial charge is 0.00920 e. The molecule has 8 heavy (non-hydrogen) atoms. The molecule has 0 N–H and O–H groups in total. The molecule has 0 saturated carbocycles. The van der Waals surface area contributed by atoms with Gasteiger partial charge in [0.2, 0.25) is 0 Å². The molecule has 0 aromatic carbocycles. The fraction of sp³-hybridized carbons (Fsp3) is 0.333. The van der Waals surface area contributed by atoms with Gasteiger partial charge in [0.25, 0.3) is 0 Å². The molecular weight excluding hydrogens is 136 g/mol. The van der Waals surface area contributed by atoms with Crippen molar-refractivity contribution in [1.82, 2.24) is 0 Å². The Labute approximate surface area is 56.6 Å². The summed E-state index contributed by atoms with van der Waals surface area (Å²) in [5, 5.41) is 2.02. The van der Waals surface area contributed by atoms with E-state index in [-0.39, 0.29) is 9.45 Å². The van der Waals surface area contributed by atoms with E-state index in [0.29, 0.717) is 0 Å². The van der Waals surface area contributed by atoms with Crippen molar-refractivity contribution in [1.29, 1.82) is 0 Å². The van der Waals surface area contributed by atoms with E-state index >= 15 is 0 Å². The second kappa shape index (κ2) is 2.43. The van der Waals surface area contributed by atoms with Crippen LogP contribution in [0.5, 0.6) is 0 Å². The van der Waals surface area contributed by atoms with Crippen LogP contribution < -0.4 is 0 Å². The fourth-order valence-corrected chi connectivity index (χ4v) is 2.23. The van der Waals surface area contributed by atoms with Crippen molar-refractivity contribution in [3.63, 3.8) is 0 Å². The number of allylic oxidation sites excluding steroid dienone is 1. The molecule has 0 saturated heterocycles. The number of rotatable bonds is 0. The van der Waals surface area contributed by atoms with Crippen LogP contribution >= 0.6 is 0 Å². The van der Waals surface area contributed by atoms with Crippen molar-refractivity contribution in [2.24, 2.45) is 0 Å². The Morgan fingerprint density at radius 1 is 1.88 bits per heavy atom. The maximum absolute atomic E-state index is 5.14. The summed E-state index contributed by atoms with van der Waals surface area (Å²) in [6.07, 6.45) is 6.17. The van der Waals surface area contributed by atoms with E-state index in [1.165, 1.54) is 0 Å². The summed E-state index contributed by atoms with van der Waals surface area (Å²) >= 11 is 5.00. The van der Waals surface area contributed by atoms with E-state index in [1.807, 2.05) is 5.41 Å². The molecule has 0 aliphatic carbocycles. The van der Waals surface area contributed by atoms with Gasteiger partial charge in [-0.05, 0) is 23.0 Å². The van der Waals surface area contributed by atoms with E-state index in [9.17, 15) is 0 Å². The summed E-state index contributed by atoms with van der Waals surface area (Å²) < 4.78 is 0. The highest BCUT2D eigenvalue weighted by Gasteiger charge is 2.03. The minimum absolute atomic E-state index is 0.0760. The molecule has 0 spiro atoms. The average Bonchev–Trinajstić information content (AvgIpc) is 2.14. The molecule has 0 radical (unpaired) electrons. The van der Waals surface area contributed by atoms with Crippen LogP contribution in [0.1, 0.15) is 6.42 Å². The minimum atomic E-state index is 0.0760. The summed E-state index contributed by atoms with van der Waals surface area (Å²) in [4.78, 5) is 0. The second-order valence-corrected chi connectivity index (χ2v) is 4.31. The van der Waals surface area contributed by atoms with E-state index < -0.39 is 0 Å². The van der Waals surface area contributed by atoms with Crippen LogP contribution in [-0.4, -0.2) is 5.75 Å². The molecule has 1 atom stereocenters. The summed E-state index contributed by atoms with van der Waals surface area (Å²) in [6, 6.07) is 0. The Balaban J connectivity index is 2.75. The monoisotopic (exact) mass is 142 g/mol. The van der Waals surface area contributed by atoms with E-state index in [1.54, 1.807) is 0 Å². The van der Waals surface area contributed by atoms with Crippen LogP contribution in [-0.2, 0) is 20.6 Å². The van der Waals surface area contributed by atoms with Crippen LogP contribution in [0.25, 0.3) is 0 Å². The van der Waals surface area contributed by atoms with Gasteiger partial charge in [0.05, 0.1) is 0 Å². The van der Waals surface area contributed by atoms with Gasteiger partial charge < -0.3 is 0 Å². The first-order chi connectivity index (χ1) is 3.83. The minimum Gasteiger partial charge on any atom is -0.115 e.